The van der Waals surface area contributed by atoms with Crippen molar-refractivity contribution in [1.29, 1.82) is 0 Å². The Morgan fingerprint density at radius 3 is 3.10 bits per heavy atom. The number of carbonyl (C=O) groups is 1. The van der Waals surface area contributed by atoms with E-state index in [2.05, 4.69) is 15.6 Å². The lowest BCUT2D eigenvalue weighted by molar-refractivity contribution is -0.125. The largest absolute Gasteiger partial charge is 0.377 e. The summed E-state index contributed by atoms with van der Waals surface area (Å²) in [4.78, 5) is 18.9. The third kappa shape index (κ3) is 3.92. The molecule has 1 fully saturated rings. The van der Waals surface area contributed by atoms with E-state index < -0.39 is 0 Å². The van der Waals surface area contributed by atoms with Crippen LogP contribution in [0.25, 0.3) is 0 Å². The minimum Gasteiger partial charge on any atom is -0.377 e. The molecule has 0 bridgehead atoms. The zero-order valence-corrected chi connectivity index (χ0v) is 12.9. The molecule has 0 aromatic carbocycles. The zero-order valence-electron chi connectivity index (χ0n) is 12.9. The number of pyridine rings is 1. The summed E-state index contributed by atoms with van der Waals surface area (Å²) >= 11 is 0. The molecule has 2 heterocycles. The van der Waals surface area contributed by atoms with Gasteiger partial charge in [0.2, 0.25) is 5.91 Å². The number of hydrogen-bond donors (Lipinski definition) is 2. The van der Waals surface area contributed by atoms with Crippen molar-refractivity contribution in [2.45, 2.75) is 32.5 Å². The summed E-state index contributed by atoms with van der Waals surface area (Å²) in [5.41, 5.74) is 1.09. The molecule has 6 nitrogen and oxygen atoms in total. The van der Waals surface area contributed by atoms with E-state index in [9.17, 15) is 4.79 Å². The van der Waals surface area contributed by atoms with Gasteiger partial charge in [0.15, 0.2) is 0 Å². The molecule has 1 aromatic rings. The van der Waals surface area contributed by atoms with E-state index in [1.807, 2.05) is 37.9 Å². The van der Waals surface area contributed by atoms with E-state index in [1.165, 1.54) is 0 Å². The van der Waals surface area contributed by atoms with Gasteiger partial charge < -0.3 is 20.3 Å². The lowest BCUT2D eigenvalue weighted by atomic mass is 10.1. The third-order valence-corrected chi connectivity index (χ3v) is 3.37. The minimum absolute atomic E-state index is 0.00855. The number of ether oxygens (including phenoxy) is 1. The summed E-state index contributed by atoms with van der Waals surface area (Å²) in [5.74, 6) is 0.852. The van der Waals surface area contributed by atoms with Crippen LogP contribution in [0.15, 0.2) is 18.3 Å². The highest BCUT2D eigenvalue weighted by molar-refractivity contribution is 5.85. The molecule has 0 aliphatic carbocycles. The maximum Gasteiger partial charge on any atom is 0.245 e. The standard InChI is InChI=1S/C15H24N4O2/c1-11(2)18-15(20)13-10-21-8-7-19(13)14-12(9-16-3)5-4-6-17-14/h4-6,11,13,16H,7-10H2,1-3H3,(H,18,20). The number of amides is 1. The van der Waals surface area contributed by atoms with E-state index >= 15 is 0 Å². The summed E-state index contributed by atoms with van der Waals surface area (Å²) in [6.07, 6.45) is 1.77. The van der Waals surface area contributed by atoms with Crippen LogP contribution in [0.3, 0.4) is 0 Å². The first-order chi connectivity index (χ1) is 10.1. The number of nitrogens with zero attached hydrogens (tertiary/aromatic N) is 2. The van der Waals surface area contributed by atoms with Gasteiger partial charge in [-0.25, -0.2) is 4.98 Å². The molecule has 1 amide bonds. The average Bonchev–Trinajstić information content (AvgIpc) is 2.47. The van der Waals surface area contributed by atoms with Crippen molar-refractivity contribution >= 4 is 11.7 Å². The molecule has 1 atom stereocenters. The molecule has 1 aromatic heterocycles. The van der Waals surface area contributed by atoms with Crippen LogP contribution >= 0.6 is 0 Å². The van der Waals surface area contributed by atoms with Gasteiger partial charge in [0, 0.05) is 30.9 Å². The van der Waals surface area contributed by atoms with Crippen molar-refractivity contribution in [2.24, 2.45) is 0 Å². The van der Waals surface area contributed by atoms with Gasteiger partial charge in [-0.1, -0.05) is 6.07 Å². The fourth-order valence-electron chi connectivity index (χ4n) is 2.47. The molecule has 116 valence electrons. The van der Waals surface area contributed by atoms with Gasteiger partial charge >= 0.3 is 0 Å². The number of hydrogen-bond acceptors (Lipinski definition) is 5. The normalized spacial score (nSPS) is 18.9. The highest BCUT2D eigenvalue weighted by atomic mass is 16.5. The SMILES string of the molecule is CNCc1cccnc1N1CCOCC1C(=O)NC(C)C. The minimum atomic E-state index is -0.327. The van der Waals surface area contributed by atoms with Crippen molar-refractivity contribution in [3.05, 3.63) is 23.9 Å². The molecule has 0 saturated carbocycles. The lowest BCUT2D eigenvalue weighted by Crippen LogP contribution is -2.55. The van der Waals surface area contributed by atoms with Gasteiger partial charge in [-0.2, -0.15) is 0 Å². The first kappa shape index (κ1) is 15.7. The molecule has 2 rings (SSSR count). The Kier molecular flexibility index (Phi) is 5.52. The first-order valence-corrected chi connectivity index (χ1v) is 7.36. The highest BCUT2D eigenvalue weighted by Gasteiger charge is 2.31. The maximum absolute atomic E-state index is 12.4. The monoisotopic (exact) mass is 292 g/mol. The Morgan fingerprint density at radius 2 is 2.38 bits per heavy atom. The number of morpholine rings is 1. The first-order valence-electron chi connectivity index (χ1n) is 7.36. The Morgan fingerprint density at radius 1 is 1.57 bits per heavy atom. The summed E-state index contributed by atoms with van der Waals surface area (Å²) in [6, 6.07) is 3.74. The topological polar surface area (TPSA) is 66.5 Å². The van der Waals surface area contributed by atoms with E-state index in [0.717, 1.165) is 17.9 Å². The van der Waals surface area contributed by atoms with Gasteiger partial charge in [-0.05, 0) is 27.0 Å². The molecule has 0 radical (unpaired) electrons. The second-order valence-corrected chi connectivity index (χ2v) is 5.46. The number of carbonyl (C=O) groups excluding carboxylic acids is 1. The van der Waals surface area contributed by atoms with Crippen LogP contribution in [0.5, 0.6) is 0 Å². The van der Waals surface area contributed by atoms with E-state index in [1.54, 1.807) is 6.20 Å². The van der Waals surface area contributed by atoms with E-state index in [0.29, 0.717) is 19.8 Å². The molecule has 1 aliphatic rings. The van der Waals surface area contributed by atoms with E-state index in [4.69, 9.17) is 4.74 Å². The number of rotatable bonds is 5. The van der Waals surface area contributed by atoms with Gasteiger partial charge in [0.05, 0.1) is 13.2 Å². The second kappa shape index (κ2) is 7.38. The van der Waals surface area contributed by atoms with Gasteiger partial charge in [-0.3, -0.25) is 4.79 Å². The zero-order chi connectivity index (χ0) is 15.2. The van der Waals surface area contributed by atoms with Gasteiger partial charge in [0.1, 0.15) is 11.9 Å². The fraction of sp³-hybridized carbons (Fsp3) is 0.600. The van der Waals surface area contributed by atoms with Crippen molar-refractivity contribution in [1.82, 2.24) is 15.6 Å². The van der Waals surface area contributed by atoms with Crippen LogP contribution in [0.4, 0.5) is 5.82 Å². The molecule has 2 N–H and O–H groups in total. The van der Waals surface area contributed by atoms with Crippen LogP contribution in [0.2, 0.25) is 0 Å². The van der Waals surface area contributed by atoms with Gasteiger partial charge in [0.25, 0.3) is 0 Å². The molecular formula is C15H24N4O2. The Bertz CT molecular complexity index is 478. The fourth-order valence-corrected chi connectivity index (χ4v) is 2.47. The predicted octanol–water partition coefficient (Wildman–Crippen LogP) is 0.531. The summed E-state index contributed by atoms with van der Waals surface area (Å²) in [7, 11) is 1.90. The molecule has 1 aliphatic heterocycles. The highest BCUT2D eigenvalue weighted by Crippen LogP contribution is 2.22. The molecule has 6 heteroatoms. The molecular weight excluding hydrogens is 268 g/mol. The quantitative estimate of drug-likeness (QED) is 0.829. The number of aromatic nitrogens is 1. The van der Waals surface area contributed by atoms with Crippen molar-refractivity contribution in [3.8, 4) is 0 Å². The van der Waals surface area contributed by atoms with Crippen molar-refractivity contribution in [2.75, 3.05) is 31.7 Å². The van der Waals surface area contributed by atoms with E-state index in [-0.39, 0.29) is 18.0 Å². The Hall–Kier alpha value is -1.66. The van der Waals surface area contributed by atoms with Crippen LogP contribution in [-0.4, -0.2) is 49.8 Å². The Labute approximate surface area is 125 Å². The second-order valence-electron chi connectivity index (χ2n) is 5.46. The summed E-state index contributed by atoms with van der Waals surface area (Å²) in [6.45, 7) is 6.32. The van der Waals surface area contributed by atoms with Crippen LogP contribution in [-0.2, 0) is 16.1 Å². The third-order valence-electron chi connectivity index (χ3n) is 3.37. The van der Waals surface area contributed by atoms with Crippen LogP contribution in [0.1, 0.15) is 19.4 Å². The lowest BCUT2D eigenvalue weighted by Gasteiger charge is -2.36. The summed E-state index contributed by atoms with van der Waals surface area (Å²) < 4.78 is 5.49. The number of anilines is 1. The smallest absolute Gasteiger partial charge is 0.245 e. The molecule has 1 saturated heterocycles. The van der Waals surface area contributed by atoms with Crippen molar-refractivity contribution in [3.63, 3.8) is 0 Å². The molecule has 0 spiro atoms. The predicted molar refractivity (Wildman–Crippen MR) is 82.2 cm³/mol. The van der Waals surface area contributed by atoms with Gasteiger partial charge in [-0.15, -0.1) is 0 Å². The average molecular weight is 292 g/mol. The Balaban J connectivity index is 2.24. The van der Waals surface area contributed by atoms with Crippen LogP contribution < -0.4 is 15.5 Å². The summed E-state index contributed by atoms with van der Waals surface area (Å²) in [5, 5.41) is 6.10. The maximum atomic E-state index is 12.4. The molecule has 21 heavy (non-hydrogen) atoms. The molecule has 1 unspecified atom stereocenters. The van der Waals surface area contributed by atoms with Crippen molar-refractivity contribution < 1.29 is 9.53 Å². The number of nitrogens with one attached hydrogen (secondary N) is 2. The van der Waals surface area contributed by atoms with Crippen LogP contribution in [0, 0.1) is 0 Å².